The summed E-state index contributed by atoms with van der Waals surface area (Å²) in [6, 6.07) is 0. The van der Waals surface area contributed by atoms with Crippen LogP contribution in [0.5, 0.6) is 0 Å². The number of nitrogens with zero attached hydrogens (tertiary/aromatic N) is 2. The van der Waals surface area contributed by atoms with E-state index in [1.807, 2.05) is 12.4 Å². The van der Waals surface area contributed by atoms with Crippen LogP contribution in [0.1, 0.15) is 37.9 Å². The normalized spacial score (nSPS) is 25.9. The van der Waals surface area contributed by atoms with Crippen LogP contribution in [0.2, 0.25) is 0 Å². The van der Waals surface area contributed by atoms with Gasteiger partial charge in [-0.05, 0) is 51.9 Å². The molecular weight excluding hydrogens is 212 g/mol. The van der Waals surface area contributed by atoms with Crippen molar-refractivity contribution in [3.05, 3.63) is 18.2 Å². The third-order valence-corrected chi connectivity index (χ3v) is 4.33. The third kappa shape index (κ3) is 2.00. The summed E-state index contributed by atoms with van der Waals surface area (Å²) in [6.07, 6.45) is 10.3. The van der Waals surface area contributed by atoms with E-state index in [1.54, 1.807) is 0 Å². The van der Waals surface area contributed by atoms with Gasteiger partial charge in [-0.2, -0.15) is 0 Å². The summed E-state index contributed by atoms with van der Waals surface area (Å²) in [6.45, 7) is 4.69. The average molecular weight is 234 g/mol. The lowest BCUT2D eigenvalue weighted by atomic mass is 9.84. The highest BCUT2D eigenvalue weighted by Gasteiger charge is 2.41. The Morgan fingerprint density at radius 2 is 1.88 bits per heavy atom. The lowest BCUT2D eigenvalue weighted by Gasteiger charge is -2.47. The van der Waals surface area contributed by atoms with Crippen LogP contribution in [0, 0.1) is 0 Å². The zero-order chi connectivity index (χ0) is 11.6. The molecule has 0 aromatic carbocycles. The molecule has 0 aliphatic carbocycles. The number of rotatable bonds is 2. The van der Waals surface area contributed by atoms with Crippen LogP contribution in [0.4, 0.5) is 0 Å². The fourth-order valence-corrected chi connectivity index (χ4v) is 3.38. The fraction of sp³-hybridized carbons (Fsp3) is 0.769. The van der Waals surface area contributed by atoms with Gasteiger partial charge in [-0.15, -0.1) is 0 Å². The molecule has 4 heteroatoms. The molecule has 2 aliphatic rings. The van der Waals surface area contributed by atoms with Gasteiger partial charge in [-0.3, -0.25) is 4.90 Å². The van der Waals surface area contributed by atoms with Gasteiger partial charge in [0.1, 0.15) is 5.82 Å². The molecular formula is C13H22N4. The van der Waals surface area contributed by atoms with Crippen LogP contribution >= 0.6 is 0 Å². The van der Waals surface area contributed by atoms with Crippen molar-refractivity contribution >= 4 is 0 Å². The molecule has 0 radical (unpaired) electrons. The summed E-state index contributed by atoms with van der Waals surface area (Å²) in [5, 5.41) is 3.47. The van der Waals surface area contributed by atoms with E-state index in [0.29, 0.717) is 0 Å². The number of aromatic amines is 1. The Kier molecular flexibility index (Phi) is 3.16. The van der Waals surface area contributed by atoms with Crippen molar-refractivity contribution in [2.24, 2.45) is 0 Å². The third-order valence-electron chi connectivity index (χ3n) is 4.33. The van der Waals surface area contributed by atoms with Gasteiger partial charge in [-0.1, -0.05) is 6.42 Å². The Bertz CT molecular complexity index is 334. The van der Waals surface area contributed by atoms with Crippen LogP contribution < -0.4 is 5.32 Å². The molecule has 17 heavy (non-hydrogen) atoms. The average Bonchev–Trinajstić information content (AvgIpc) is 2.95. The first-order valence-corrected chi connectivity index (χ1v) is 6.87. The summed E-state index contributed by atoms with van der Waals surface area (Å²) < 4.78 is 0. The molecule has 94 valence electrons. The maximum Gasteiger partial charge on any atom is 0.126 e. The molecule has 0 spiro atoms. The molecule has 0 atom stereocenters. The first-order chi connectivity index (χ1) is 8.42. The van der Waals surface area contributed by atoms with E-state index >= 15 is 0 Å². The van der Waals surface area contributed by atoms with Crippen LogP contribution in [0.25, 0.3) is 0 Å². The molecule has 1 aromatic rings. The van der Waals surface area contributed by atoms with Crippen LogP contribution in [-0.2, 0) is 5.54 Å². The lowest BCUT2D eigenvalue weighted by molar-refractivity contribution is 0.0295. The predicted molar refractivity (Wildman–Crippen MR) is 67.8 cm³/mol. The number of aromatic nitrogens is 2. The Morgan fingerprint density at radius 1 is 1.12 bits per heavy atom. The Morgan fingerprint density at radius 3 is 2.53 bits per heavy atom. The van der Waals surface area contributed by atoms with E-state index in [0.717, 1.165) is 13.1 Å². The molecule has 2 N–H and O–H groups in total. The van der Waals surface area contributed by atoms with Gasteiger partial charge in [0, 0.05) is 12.4 Å². The van der Waals surface area contributed by atoms with E-state index in [1.165, 1.54) is 51.0 Å². The van der Waals surface area contributed by atoms with Crippen molar-refractivity contribution < 1.29 is 0 Å². The van der Waals surface area contributed by atoms with Crippen LogP contribution in [0.3, 0.4) is 0 Å². The van der Waals surface area contributed by atoms with Crippen molar-refractivity contribution in [1.82, 2.24) is 20.2 Å². The monoisotopic (exact) mass is 234 g/mol. The Labute approximate surface area is 103 Å². The largest absolute Gasteiger partial charge is 0.347 e. The van der Waals surface area contributed by atoms with Crippen LogP contribution in [-0.4, -0.2) is 41.0 Å². The Balaban J connectivity index is 1.89. The summed E-state index contributed by atoms with van der Waals surface area (Å²) >= 11 is 0. The summed E-state index contributed by atoms with van der Waals surface area (Å²) in [4.78, 5) is 10.6. The van der Waals surface area contributed by atoms with Gasteiger partial charge in [0.05, 0.1) is 5.54 Å². The summed E-state index contributed by atoms with van der Waals surface area (Å²) in [5.41, 5.74) is 0.176. The zero-order valence-electron chi connectivity index (χ0n) is 10.4. The number of hydrogen-bond donors (Lipinski definition) is 2. The van der Waals surface area contributed by atoms with Gasteiger partial charge in [0.2, 0.25) is 0 Å². The maximum atomic E-state index is 4.56. The second-order valence-corrected chi connectivity index (χ2v) is 5.27. The maximum absolute atomic E-state index is 4.56. The van der Waals surface area contributed by atoms with Gasteiger partial charge < -0.3 is 10.3 Å². The number of hydrogen-bond acceptors (Lipinski definition) is 3. The van der Waals surface area contributed by atoms with Crippen molar-refractivity contribution in [2.45, 2.75) is 37.6 Å². The first kappa shape index (κ1) is 11.2. The SMILES string of the molecule is c1c[nH]c(C2(N3CCCCC3)CCNCC2)n1. The standard InChI is InChI=1S/C13H22N4/c1-2-10-17(11-3-1)13(4-6-14-7-5-13)12-15-8-9-16-12/h8-9,14H,1-7,10-11H2,(H,15,16). The van der Waals surface area contributed by atoms with E-state index in [9.17, 15) is 0 Å². The van der Waals surface area contributed by atoms with E-state index in [-0.39, 0.29) is 5.54 Å². The number of piperidine rings is 2. The predicted octanol–water partition coefficient (Wildman–Crippen LogP) is 1.47. The quantitative estimate of drug-likeness (QED) is 0.814. The molecule has 3 rings (SSSR count). The van der Waals surface area contributed by atoms with Crippen LogP contribution in [0.15, 0.2) is 12.4 Å². The first-order valence-electron chi connectivity index (χ1n) is 6.87. The van der Waals surface area contributed by atoms with Gasteiger partial charge in [0.15, 0.2) is 0 Å². The summed E-state index contributed by atoms with van der Waals surface area (Å²) in [7, 11) is 0. The van der Waals surface area contributed by atoms with Crippen molar-refractivity contribution in [3.63, 3.8) is 0 Å². The Hall–Kier alpha value is -0.870. The molecule has 3 heterocycles. The molecule has 0 saturated carbocycles. The molecule has 4 nitrogen and oxygen atoms in total. The topological polar surface area (TPSA) is 44.0 Å². The molecule has 0 amide bonds. The molecule has 2 fully saturated rings. The fourth-order valence-electron chi connectivity index (χ4n) is 3.38. The highest BCUT2D eigenvalue weighted by molar-refractivity contribution is 5.10. The number of likely N-dealkylation sites (tertiary alicyclic amines) is 1. The smallest absolute Gasteiger partial charge is 0.126 e. The lowest BCUT2D eigenvalue weighted by Crippen LogP contribution is -2.54. The van der Waals surface area contributed by atoms with Crippen molar-refractivity contribution in [3.8, 4) is 0 Å². The molecule has 0 bridgehead atoms. The number of H-pyrrole nitrogens is 1. The highest BCUT2D eigenvalue weighted by Crippen LogP contribution is 2.36. The van der Waals surface area contributed by atoms with E-state index in [4.69, 9.17) is 0 Å². The second kappa shape index (κ2) is 4.78. The van der Waals surface area contributed by atoms with Gasteiger partial charge >= 0.3 is 0 Å². The number of imidazole rings is 1. The molecule has 2 saturated heterocycles. The van der Waals surface area contributed by atoms with E-state index in [2.05, 4.69) is 20.2 Å². The highest BCUT2D eigenvalue weighted by atomic mass is 15.2. The van der Waals surface area contributed by atoms with Gasteiger partial charge in [0.25, 0.3) is 0 Å². The molecule has 0 unspecified atom stereocenters. The van der Waals surface area contributed by atoms with Crippen molar-refractivity contribution in [2.75, 3.05) is 26.2 Å². The summed E-state index contributed by atoms with van der Waals surface area (Å²) in [5.74, 6) is 1.18. The zero-order valence-corrected chi connectivity index (χ0v) is 10.4. The van der Waals surface area contributed by atoms with Crippen molar-refractivity contribution in [1.29, 1.82) is 0 Å². The second-order valence-electron chi connectivity index (χ2n) is 5.27. The minimum absolute atomic E-state index is 0.176. The van der Waals surface area contributed by atoms with Gasteiger partial charge in [-0.25, -0.2) is 4.98 Å². The molecule has 1 aromatic heterocycles. The van der Waals surface area contributed by atoms with E-state index < -0.39 is 0 Å². The minimum Gasteiger partial charge on any atom is -0.347 e. The minimum atomic E-state index is 0.176. The molecule has 2 aliphatic heterocycles. The number of nitrogens with one attached hydrogen (secondary N) is 2.